The highest BCUT2D eigenvalue weighted by molar-refractivity contribution is 5.99. The van der Waals surface area contributed by atoms with E-state index in [0.717, 1.165) is 10.8 Å². The van der Waals surface area contributed by atoms with E-state index in [4.69, 9.17) is 14.2 Å². The Kier molecular flexibility index (Phi) is 5.79. The molecule has 6 nitrogen and oxygen atoms in total. The highest BCUT2D eigenvalue weighted by Gasteiger charge is 2.22. The number of carbonyl (C=O) groups is 2. The Morgan fingerprint density at radius 3 is 2.36 bits per heavy atom. The fourth-order valence-electron chi connectivity index (χ4n) is 2.76. The van der Waals surface area contributed by atoms with E-state index in [2.05, 4.69) is 5.32 Å². The summed E-state index contributed by atoms with van der Waals surface area (Å²) in [6.07, 6.45) is -0.981. The molecule has 0 saturated heterocycles. The summed E-state index contributed by atoms with van der Waals surface area (Å²) in [7, 11) is 2.97. The van der Waals surface area contributed by atoms with Crippen LogP contribution in [0.15, 0.2) is 60.7 Å². The standard InChI is InChI=1S/C22H21NO5/c1-14(28-22(25)19-11-10-18(26-2)13-20(19)27-3)21(24)23-17-9-8-15-6-4-5-7-16(15)12-17/h4-14H,1-3H3,(H,23,24). The van der Waals surface area contributed by atoms with Crippen molar-refractivity contribution in [3.8, 4) is 11.5 Å². The molecule has 144 valence electrons. The quantitative estimate of drug-likeness (QED) is 0.654. The van der Waals surface area contributed by atoms with Crippen LogP contribution in [-0.2, 0) is 9.53 Å². The second kappa shape index (κ2) is 8.43. The normalized spacial score (nSPS) is 11.5. The number of fused-ring (bicyclic) bond motifs is 1. The van der Waals surface area contributed by atoms with Crippen molar-refractivity contribution in [1.29, 1.82) is 0 Å². The first-order valence-corrected chi connectivity index (χ1v) is 8.74. The van der Waals surface area contributed by atoms with Crippen LogP contribution < -0.4 is 14.8 Å². The molecule has 3 aromatic carbocycles. The van der Waals surface area contributed by atoms with E-state index in [0.29, 0.717) is 17.2 Å². The minimum Gasteiger partial charge on any atom is -0.497 e. The minimum atomic E-state index is -0.981. The summed E-state index contributed by atoms with van der Waals surface area (Å²) in [6, 6.07) is 18.2. The lowest BCUT2D eigenvalue weighted by molar-refractivity contribution is -0.123. The number of benzene rings is 3. The maximum Gasteiger partial charge on any atom is 0.342 e. The van der Waals surface area contributed by atoms with Gasteiger partial charge in [0.1, 0.15) is 17.1 Å². The van der Waals surface area contributed by atoms with E-state index in [1.807, 2.05) is 36.4 Å². The molecule has 0 spiro atoms. The molecule has 28 heavy (non-hydrogen) atoms. The predicted molar refractivity (Wildman–Crippen MR) is 107 cm³/mol. The third kappa shape index (κ3) is 4.23. The van der Waals surface area contributed by atoms with Crippen LogP contribution in [0.25, 0.3) is 10.8 Å². The lowest BCUT2D eigenvalue weighted by atomic mass is 10.1. The summed E-state index contributed by atoms with van der Waals surface area (Å²) in [6.45, 7) is 1.52. The first-order chi connectivity index (χ1) is 13.5. The molecule has 0 aliphatic carbocycles. The number of rotatable bonds is 6. The SMILES string of the molecule is COc1ccc(C(=O)OC(C)C(=O)Nc2ccc3ccccc3c2)c(OC)c1. The van der Waals surface area contributed by atoms with Gasteiger partial charge in [-0.3, -0.25) is 4.79 Å². The molecular formula is C22H21NO5. The zero-order valence-corrected chi connectivity index (χ0v) is 15.9. The van der Waals surface area contributed by atoms with E-state index in [1.54, 1.807) is 18.2 Å². The third-order valence-corrected chi connectivity index (χ3v) is 4.30. The Bertz CT molecular complexity index is 1010. The maximum atomic E-state index is 12.4. The van der Waals surface area contributed by atoms with Crippen LogP contribution in [0.5, 0.6) is 11.5 Å². The summed E-state index contributed by atoms with van der Waals surface area (Å²) < 4.78 is 15.6. The number of anilines is 1. The van der Waals surface area contributed by atoms with Gasteiger partial charge >= 0.3 is 5.97 Å². The molecular weight excluding hydrogens is 358 g/mol. The highest BCUT2D eigenvalue weighted by Crippen LogP contribution is 2.25. The number of ether oxygens (including phenoxy) is 3. The van der Waals surface area contributed by atoms with Crippen LogP contribution in [0.3, 0.4) is 0 Å². The molecule has 0 bridgehead atoms. The smallest absolute Gasteiger partial charge is 0.342 e. The van der Waals surface area contributed by atoms with Gasteiger partial charge in [0.2, 0.25) is 0 Å². The van der Waals surface area contributed by atoms with Crippen molar-refractivity contribution in [3.05, 3.63) is 66.2 Å². The Morgan fingerprint density at radius 2 is 1.64 bits per heavy atom. The van der Waals surface area contributed by atoms with Gasteiger partial charge in [0.05, 0.1) is 14.2 Å². The van der Waals surface area contributed by atoms with Crippen molar-refractivity contribution < 1.29 is 23.8 Å². The Balaban J connectivity index is 1.68. The lowest BCUT2D eigenvalue weighted by Gasteiger charge is -2.15. The van der Waals surface area contributed by atoms with Gasteiger partial charge in [-0.1, -0.05) is 30.3 Å². The van der Waals surface area contributed by atoms with Gasteiger partial charge in [-0.15, -0.1) is 0 Å². The van der Waals surface area contributed by atoms with Gasteiger partial charge in [0, 0.05) is 11.8 Å². The first kappa shape index (κ1) is 19.2. The lowest BCUT2D eigenvalue weighted by Crippen LogP contribution is -2.30. The fraction of sp³-hybridized carbons (Fsp3) is 0.182. The molecule has 1 atom stereocenters. The van der Waals surface area contributed by atoms with Crippen LogP contribution in [0.1, 0.15) is 17.3 Å². The predicted octanol–water partition coefficient (Wildman–Crippen LogP) is 4.04. The molecule has 0 aliphatic rings. The zero-order valence-electron chi connectivity index (χ0n) is 15.9. The summed E-state index contributed by atoms with van der Waals surface area (Å²) in [5.41, 5.74) is 0.849. The van der Waals surface area contributed by atoms with E-state index in [1.165, 1.54) is 27.2 Å². The zero-order chi connectivity index (χ0) is 20.1. The monoisotopic (exact) mass is 379 g/mol. The number of hydrogen-bond donors (Lipinski definition) is 1. The molecule has 1 N–H and O–H groups in total. The molecule has 0 heterocycles. The third-order valence-electron chi connectivity index (χ3n) is 4.30. The largest absolute Gasteiger partial charge is 0.497 e. The molecule has 0 aliphatic heterocycles. The second-order valence-corrected chi connectivity index (χ2v) is 6.16. The van der Waals surface area contributed by atoms with Gasteiger partial charge < -0.3 is 19.5 Å². The van der Waals surface area contributed by atoms with E-state index >= 15 is 0 Å². The second-order valence-electron chi connectivity index (χ2n) is 6.16. The van der Waals surface area contributed by atoms with Gasteiger partial charge in [-0.2, -0.15) is 0 Å². The molecule has 1 amide bonds. The maximum absolute atomic E-state index is 12.4. The Morgan fingerprint density at radius 1 is 0.893 bits per heavy atom. The van der Waals surface area contributed by atoms with E-state index < -0.39 is 18.0 Å². The summed E-state index contributed by atoms with van der Waals surface area (Å²) in [5.74, 6) is -0.209. The first-order valence-electron chi connectivity index (χ1n) is 8.74. The van der Waals surface area contributed by atoms with Crippen molar-refractivity contribution in [1.82, 2.24) is 0 Å². The van der Waals surface area contributed by atoms with E-state index in [-0.39, 0.29) is 5.56 Å². The molecule has 1 unspecified atom stereocenters. The summed E-state index contributed by atoms with van der Waals surface area (Å²) in [5, 5.41) is 4.85. The van der Waals surface area contributed by atoms with Gasteiger partial charge in [0.25, 0.3) is 5.91 Å². The van der Waals surface area contributed by atoms with Crippen molar-refractivity contribution in [3.63, 3.8) is 0 Å². The summed E-state index contributed by atoms with van der Waals surface area (Å²) >= 11 is 0. The minimum absolute atomic E-state index is 0.216. The Labute approximate surface area is 163 Å². The average molecular weight is 379 g/mol. The van der Waals surface area contributed by atoms with Crippen LogP contribution >= 0.6 is 0 Å². The number of amides is 1. The van der Waals surface area contributed by atoms with Crippen molar-refractivity contribution in [2.45, 2.75) is 13.0 Å². The number of methoxy groups -OCH3 is 2. The average Bonchev–Trinajstić information content (AvgIpc) is 2.72. The van der Waals surface area contributed by atoms with Crippen LogP contribution in [0.4, 0.5) is 5.69 Å². The van der Waals surface area contributed by atoms with E-state index in [9.17, 15) is 9.59 Å². The van der Waals surface area contributed by atoms with Gasteiger partial charge in [-0.25, -0.2) is 4.79 Å². The van der Waals surface area contributed by atoms with Crippen molar-refractivity contribution in [2.24, 2.45) is 0 Å². The molecule has 6 heteroatoms. The fourth-order valence-corrected chi connectivity index (χ4v) is 2.76. The van der Waals surface area contributed by atoms with Crippen LogP contribution in [-0.4, -0.2) is 32.2 Å². The number of nitrogens with one attached hydrogen (secondary N) is 1. The molecule has 3 rings (SSSR count). The summed E-state index contributed by atoms with van der Waals surface area (Å²) in [4.78, 5) is 24.9. The topological polar surface area (TPSA) is 73.9 Å². The highest BCUT2D eigenvalue weighted by atomic mass is 16.5. The van der Waals surface area contributed by atoms with Gasteiger partial charge in [0.15, 0.2) is 6.10 Å². The molecule has 0 aromatic heterocycles. The molecule has 0 saturated carbocycles. The van der Waals surface area contributed by atoms with Crippen molar-refractivity contribution >= 4 is 28.3 Å². The number of hydrogen-bond acceptors (Lipinski definition) is 5. The molecule has 3 aromatic rings. The number of carbonyl (C=O) groups excluding carboxylic acids is 2. The molecule has 0 radical (unpaired) electrons. The van der Waals surface area contributed by atoms with Crippen LogP contribution in [0, 0.1) is 0 Å². The van der Waals surface area contributed by atoms with Crippen molar-refractivity contribution in [2.75, 3.05) is 19.5 Å². The number of esters is 1. The Hall–Kier alpha value is -3.54. The molecule has 0 fully saturated rings. The van der Waals surface area contributed by atoms with Crippen LogP contribution in [0.2, 0.25) is 0 Å². The van der Waals surface area contributed by atoms with Gasteiger partial charge in [-0.05, 0) is 42.0 Å².